The van der Waals surface area contributed by atoms with Gasteiger partial charge in [-0.1, -0.05) is 60.7 Å². The minimum Gasteiger partial charge on any atom is -0.401 e. The molecule has 1 unspecified atom stereocenters. The molecule has 0 amide bonds. The maximum absolute atomic E-state index is 10.9. The maximum Gasteiger partial charge on any atom is 0.188 e. The lowest BCUT2D eigenvalue weighted by Gasteiger charge is -2.48. The zero-order valence-corrected chi connectivity index (χ0v) is 13.6. The van der Waals surface area contributed by atoms with Gasteiger partial charge in [0, 0.05) is 0 Å². The van der Waals surface area contributed by atoms with E-state index in [1.165, 1.54) is 0 Å². The van der Waals surface area contributed by atoms with Crippen LogP contribution in [0.4, 0.5) is 0 Å². The number of aliphatic hydroxyl groups excluding tert-OH is 1. The van der Waals surface area contributed by atoms with E-state index >= 15 is 0 Å². The normalized spacial score (nSPS) is 23.7. The van der Waals surface area contributed by atoms with E-state index in [4.69, 9.17) is 4.43 Å². The molecule has 1 aliphatic heterocycles. The molecule has 0 aromatic heterocycles. The van der Waals surface area contributed by atoms with Crippen molar-refractivity contribution < 1.29 is 9.53 Å². The molecular weight excluding hydrogens is 276 g/mol. The van der Waals surface area contributed by atoms with Crippen molar-refractivity contribution in [1.82, 2.24) is 0 Å². The van der Waals surface area contributed by atoms with Crippen molar-refractivity contribution >= 4 is 8.32 Å². The van der Waals surface area contributed by atoms with Gasteiger partial charge in [0.1, 0.15) is 5.60 Å². The van der Waals surface area contributed by atoms with E-state index in [0.29, 0.717) is 0 Å². The highest BCUT2D eigenvalue weighted by Crippen LogP contribution is 2.45. The monoisotopic (exact) mass is 298 g/mol. The third-order valence-electron chi connectivity index (χ3n) is 4.33. The second kappa shape index (κ2) is 5.41. The molecule has 1 N–H and O–H groups in total. The standard InChI is InChI=1S/C18H22O2Si/c1-21(2)14-13-17(19)18(20-21,15-9-5-3-6-10-15)16-11-7-4-8-12-16/h3-12,17,19H,13-14H2,1-2H3. The van der Waals surface area contributed by atoms with Crippen LogP contribution in [0.1, 0.15) is 17.5 Å². The molecule has 1 saturated heterocycles. The highest BCUT2D eigenvalue weighted by atomic mass is 28.4. The average Bonchev–Trinajstić information content (AvgIpc) is 2.51. The summed E-state index contributed by atoms with van der Waals surface area (Å²) >= 11 is 0. The quantitative estimate of drug-likeness (QED) is 0.852. The minimum atomic E-state index is -1.79. The summed E-state index contributed by atoms with van der Waals surface area (Å²) < 4.78 is 6.63. The fraction of sp³-hybridized carbons (Fsp3) is 0.333. The van der Waals surface area contributed by atoms with E-state index in [1.807, 2.05) is 36.4 Å². The van der Waals surface area contributed by atoms with Crippen molar-refractivity contribution in [2.75, 3.05) is 0 Å². The van der Waals surface area contributed by atoms with Crippen LogP contribution in [0, 0.1) is 0 Å². The molecule has 21 heavy (non-hydrogen) atoms. The van der Waals surface area contributed by atoms with Crippen LogP contribution in [-0.2, 0) is 10.0 Å². The number of rotatable bonds is 2. The molecule has 1 heterocycles. The molecule has 0 saturated carbocycles. The highest BCUT2D eigenvalue weighted by molar-refractivity contribution is 6.71. The van der Waals surface area contributed by atoms with Crippen LogP contribution in [0.25, 0.3) is 0 Å². The van der Waals surface area contributed by atoms with Gasteiger partial charge in [-0.05, 0) is 36.7 Å². The molecule has 2 nitrogen and oxygen atoms in total. The first kappa shape index (κ1) is 14.5. The zero-order chi connectivity index (χ0) is 14.9. The van der Waals surface area contributed by atoms with Gasteiger partial charge in [0.2, 0.25) is 0 Å². The van der Waals surface area contributed by atoms with Crippen molar-refractivity contribution in [2.24, 2.45) is 0 Å². The Morgan fingerprint density at radius 2 is 1.43 bits per heavy atom. The predicted molar refractivity (Wildman–Crippen MR) is 87.7 cm³/mol. The number of hydrogen-bond donors (Lipinski definition) is 1. The van der Waals surface area contributed by atoms with Gasteiger partial charge in [0.25, 0.3) is 0 Å². The molecule has 0 aliphatic carbocycles. The van der Waals surface area contributed by atoms with E-state index in [0.717, 1.165) is 23.6 Å². The SMILES string of the molecule is C[Si]1(C)CCC(O)C(c2ccccc2)(c2ccccc2)O1. The van der Waals surface area contributed by atoms with Crippen LogP contribution in [0.5, 0.6) is 0 Å². The van der Waals surface area contributed by atoms with Crippen LogP contribution >= 0.6 is 0 Å². The molecule has 1 atom stereocenters. The molecule has 1 fully saturated rings. The molecule has 0 radical (unpaired) electrons. The van der Waals surface area contributed by atoms with Crippen molar-refractivity contribution in [3.63, 3.8) is 0 Å². The molecule has 1 aliphatic rings. The Morgan fingerprint density at radius 3 is 1.90 bits per heavy atom. The van der Waals surface area contributed by atoms with E-state index in [9.17, 15) is 5.11 Å². The molecule has 110 valence electrons. The van der Waals surface area contributed by atoms with Crippen LogP contribution < -0.4 is 0 Å². The Kier molecular flexibility index (Phi) is 3.74. The Labute approximate surface area is 127 Å². The van der Waals surface area contributed by atoms with Gasteiger partial charge >= 0.3 is 0 Å². The van der Waals surface area contributed by atoms with Gasteiger partial charge in [-0.25, -0.2) is 0 Å². The van der Waals surface area contributed by atoms with Crippen molar-refractivity contribution in [3.8, 4) is 0 Å². The van der Waals surface area contributed by atoms with Gasteiger partial charge in [-0.3, -0.25) is 0 Å². The van der Waals surface area contributed by atoms with Gasteiger partial charge < -0.3 is 9.53 Å². The second-order valence-electron chi connectivity index (χ2n) is 6.38. The van der Waals surface area contributed by atoms with Crippen LogP contribution in [-0.4, -0.2) is 19.5 Å². The van der Waals surface area contributed by atoms with Crippen molar-refractivity contribution in [1.29, 1.82) is 0 Å². The maximum atomic E-state index is 10.9. The molecular formula is C18H22O2Si. The van der Waals surface area contributed by atoms with Crippen LogP contribution in [0.3, 0.4) is 0 Å². The fourth-order valence-electron chi connectivity index (χ4n) is 3.28. The zero-order valence-electron chi connectivity index (χ0n) is 12.6. The Balaban J connectivity index is 2.20. The van der Waals surface area contributed by atoms with E-state index in [1.54, 1.807) is 0 Å². The average molecular weight is 298 g/mol. The molecule has 0 spiro atoms. The smallest absolute Gasteiger partial charge is 0.188 e. The molecule has 2 aromatic carbocycles. The van der Waals surface area contributed by atoms with Gasteiger partial charge in [-0.15, -0.1) is 0 Å². The first-order valence-electron chi connectivity index (χ1n) is 7.54. The summed E-state index contributed by atoms with van der Waals surface area (Å²) in [5, 5.41) is 10.9. The molecule has 2 aromatic rings. The fourth-order valence-corrected chi connectivity index (χ4v) is 5.60. The second-order valence-corrected chi connectivity index (χ2v) is 10.6. The predicted octanol–water partition coefficient (Wildman–Crippen LogP) is 3.92. The Bertz CT molecular complexity index is 556. The summed E-state index contributed by atoms with van der Waals surface area (Å²) in [5.74, 6) is 0. The number of benzene rings is 2. The molecule has 3 heteroatoms. The third-order valence-corrected chi connectivity index (χ3v) is 6.70. The lowest BCUT2D eigenvalue weighted by atomic mass is 9.80. The lowest BCUT2D eigenvalue weighted by Crippen LogP contribution is -2.55. The van der Waals surface area contributed by atoms with E-state index < -0.39 is 20.0 Å². The van der Waals surface area contributed by atoms with E-state index in [-0.39, 0.29) is 0 Å². The van der Waals surface area contributed by atoms with E-state index in [2.05, 4.69) is 37.4 Å². The van der Waals surface area contributed by atoms with Crippen molar-refractivity contribution in [3.05, 3.63) is 71.8 Å². The summed E-state index contributed by atoms with van der Waals surface area (Å²) in [7, 11) is -1.79. The van der Waals surface area contributed by atoms with Gasteiger partial charge in [0.15, 0.2) is 8.32 Å². The number of aliphatic hydroxyl groups is 1. The highest BCUT2D eigenvalue weighted by Gasteiger charge is 2.50. The van der Waals surface area contributed by atoms with Gasteiger partial charge in [-0.2, -0.15) is 0 Å². The van der Waals surface area contributed by atoms with Crippen molar-refractivity contribution in [2.45, 2.75) is 37.3 Å². The third kappa shape index (κ3) is 2.57. The lowest BCUT2D eigenvalue weighted by molar-refractivity contribution is -0.0531. The first-order valence-corrected chi connectivity index (χ1v) is 10.7. The first-order chi connectivity index (χ1) is 10.0. The Morgan fingerprint density at radius 1 is 0.952 bits per heavy atom. The van der Waals surface area contributed by atoms with Crippen LogP contribution in [0.2, 0.25) is 19.1 Å². The summed E-state index contributed by atoms with van der Waals surface area (Å²) in [5.41, 5.74) is 1.36. The number of hydrogen-bond acceptors (Lipinski definition) is 2. The van der Waals surface area contributed by atoms with Gasteiger partial charge in [0.05, 0.1) is 6.10 Å². The largest absolute Gasteiger partial charge is 0.401 e. The summed E-state index contributed by atoms with van der Waals surface area (Å²) in [6.45, 7) is 4.47. The minimum absolute atomic E-state index is 0.511. The van der Waals surface area contributed by atoms with Crippen LogP contribution in [0.15, 0.2) is 60.7 Å². The summed E-state index contributed by atoms with van der Waals surface area (Å²) in [6, 6.07) is 21.3. The summed E-state index contributed by atoms with van der Waals surface area (Å²) in [6.07, 6.45) is 0.283. The Hall–Kier alpha value is -1.42. The molecule has 3 rings (SSSR count). The molecule has 0 bridgehead atoms. The summed E-state index contributed by atoms with van der Waals surface area (Å²) in [4.78, 5) is 0. The topological polar surface area (TPSA) is 29.5 Å².